The maximum absolute atomic E-state index is 12.5. The number of rotatable bonds is 5. The molecule has 1 aliphatic heterocycles. The third-order valence-electron chi connectivity index (χ3n) is 3.56. The third kappa shape index (κ3) is 3.69. The summed E-state index contributed by atoms with van der Waals surface area (Å²) < 4.78 is 33.3. The zero-order chi connectivity index (χ0) is 16.3. The normalized spacial score (nSPS) is 16.4. The van der Waals surface area contributed by atoms with Crippen LogP contribution in [0.5, 0.6) is 0 Å². The molecule has 0 unspecified atom stereocenters. The minimum Gasteiger partial charge on any atom is -0.379 e. The minimum atomic E-state index is -3.45. The Kier molecular flexibility index (Phi) is 4.60. The van der Waals surface area contributed by atoms with E-state index in [9.17, 15) is 8.42 Å². The summed E-state index contributed by atoms with van der Waals surface area (Å²) in [5.41, 5.74) is 0.818. The molecule has 0 atom stereocenters. The van der Waals surface area contributed by atoms with Crippen LogP contribution in [0.3, 0.4) is 0 Å². The molecule has 8 nitrogen and oxygen atoms in total. The molecule has 1 saturated heterocycles. The zero-order valence-electron chi connectivity index (χ0n) is 12.8. The van der Waals surface area contributed by atoms with E-state index < -0.39 is 10.0 Å². The van der Waals surface area contributed by atoms with Gasteiger partial charge in [0.2, 0.25) is 10.0 Å². The third-order valence-corrected chi connectivity index (χ3v) is 5.47. The van der Waals surface area contributed by atoms with Crippen molar-refractivity contribution < 1.29 is 13.2 Å². The Morgan fingerprint density at radius 3 is 2.52 bits per heavy atom. The molecule has 1 aromatic carbocycles. The molecule has 0 saturated carbocycles. The van der Waals surface area contributed by atoms with Crippen molar-refractivity contribution >= 4 is 15.7 Å². The molecule has 3 rings (SSSR count). The summed E-state index contributed by atoms with van der Waals surface area (Å²) in [4.78, 5) is 4.42. The first-order chi connectivity index (χ1) is 11.1. The fourth-order valence-electron chi connectivity index (χ4n) is 2.33. The molecule has 2 heterocycles. The summed E-state index contributed by atoms with van der Waals surface area (Å²) in [7, 11) is -1.64. The second-order valence-electron chi connectivity index (χ2n) is 5.23. The molecule has 1 aliphatic rings. The fourth-order valence-corrected chi connectivity index (χ4v) is 3.73. The van der Waals surface area contributed by atoms with Gasteiger partial charge >= 0.3 is 0 Å². The van der Waals surface area contributed by atoms with E-state index in [1.165, 1.54) is 4.31 Å². The first kappa shape index (κ1) is 15.9. The Labute approximate surface area is 135 Å². The lowest BCUT2D eigenvalue weighted by Crippen LogP contribution is -2.40. The molecule has 2 aromatic rings. The van der Waals surface area contributed by atoms with Crippen LogP contribution in [0.15, 0.2) is 35.5 Å². The van der Waals surface area contributed by atoms with Gasteiger partial charge in [-0.15, -0.1) is 0 Å². The van der Waals surface area contributed by atoms with Crippen LogP contribution in [0.1, 0.15) is 5.82 Å². The highest BCUT2D eigenvalue weighted by Crippen LogP contribution is 2.19. The van der Waals surface area contributed by atoms with Crippen molar-refractivity contribution in [2.45, 2.75) is 11.4 Å². The van der Waals surface area contributed by atoms with Crippen molar-refractivity contribution in [1.29, 1.82) is 0 Å². The number of nitrogens with one attached hydrogen (secondary N) is 1. The van der Waals surface area contributed by atoms with Gasteiger partial charge in [-0.05, 0) is 24.3 Å². The number of anilines is 1. The van der Waals surface area contributed by atoms with Gasteiger partial charge in [-0.2, -0.15) is 9.40 Å². The van der Waals surface area contributed by atoms with Crippen LogP contribution in [0.4, 0.5) is 5.69 Å². The second kappa shape index (κ2) is 6.65. The molecule has 1 N–H and O–H groups in total. The smallest absolute Gasteiger partial charge is 0.243 e. The van der Waals surface area contributed by atoms with Crippen LogP contribution >= 0.6 is 0 Å². The van der Waals surface area contributed by atoms with Gasteiger partial charge in [0, 0.05) is 25.8 Å². The summed E-state index contributed by atoms with van der Waals surface area (Å²) in [6.07, 6.45) is 1.63. The van der Waals surface area contributed by atoms with E-state index in [2.05, 4.69) is 15.4 Å². The largest absolute Gasteiger partial charge is 0.379 e. The molecule has 124 valence electrons. The van der Waals surface area contributed by atoms with Gasteiger partial charge in [0.25, 0.3) is 0 Å². The van der Waals surface area contributed by atoms with E-state index in [1.807, 2.05) is 7.05 Å². The molecule has 23 heavy (non-hydrogen) atoms. The Morgan fingerprint density at radius 1 is 1.22 bits per heavy atom. The molecule has 0 amide bonds. The van der Waals surface area contributed by atoms with Gasteiger partial charge in [-0.3, -0.25) is 4.68 Å². The summed E-state index contributed by atoms with van der Waals surface area (Å²) in [6.45, 7) is 2.16. The second-order valence-corrected chi connectivity index (χ2v) is 7.17. The molecule has 1 fully saturated rings. The number of aryl methyl sites for hydroxylation is 1. The summed E-state index contributed by atoms with van der Waals surface area (Å²) >= 11 is 0. The molecule has 0 aliphatic carbocycles. The number of morpholine rings is 1. The van der Waals surface area contributed by atoms with Gasteiger partial charge in [0.05, 0.1) is 24.7 Å². The van der Waals surface area contributed by atoms with Crippen LogP contribution < -0.4 is 5.32 Å². The predicted octanol–water partition coefficient (Wildman–Crippen LogP) is 0.448. The Hall–Kier alpha value is -1.97. The molecule has 0 spiro atoms. The predicted molar refractivity (Wildman–Crippen MR) is 84.3 cm³/mol. The molecule has 9 heteroatoms. The topological polar surface area (TPSA) is 89.4 Å². The van der Waals surface area contributed by atoms with Crippen molar-refractivity contribution in [1.82, 2.24) is 19.1 Å². The van der Waals surface area contributed by atoms with Crippen molar-refractivity contribution in [2.75, 3.05) is 31.6 Å². The van der Waals surface area contributed by atoms with Crippen LogP contribution in [-0.4, -0.2) is 53.8 Å². The summed E-state index contributed by atoms with van der Waals surface area (Å²) in [5.74, 6) is 0.678. The van der Waals surface area contributed by atoms with E-state index in [1.54, 1.807) is 35.3 Å². The minimum absolute atomic E-state index is 0.293. The van der Waals surface area contributed by atoms with Crippen LogP contribution in [0.25, 0.3) is 0 Å². The highest BCUT2D eigenvalue weighted by atomic mass is 32.2. The van der Waals surface area contributed by atoms with Crippen molar-refractivity contribution in [3.63, 3.8) is 0 Å². The van der Waals surface area contributed by atoms with Crippen LogP contribution in [-0.2, 0) is 28.4 Å². The SMILES string of the molecule is Cn1cnc(CNc2ccc(S(=O)(=O)N3CCOCC3)cc2)n1. The van der Waals surface area contributed by atoms with Gasteiger partial charge in [-0.25, -0.2) is 13.4 Å². The molecular formula is C14H19N5O3S. The van der Waals surface area contributed by atoms with Gasteiger partial charge in [0.15, 0.2) is 5.82 Å². The fraction of sp³-hybridized carbons (Fsp3) is 0.429. The maximum atomic E-state index is 12.5. The van der Waals surface area contributed by atoms with Crippen molar-refractivity contribution in [2.24, 2.45) is 7.05 Å². The first-order valence-electron chi connectivity index (χ1n) is 7.32. The Morgan fingerprint density at radius 2 is 1.91 bits per heavy atom. The van der Waals surface area contributed by atoms with Crippen molar-refractivity contribution in [3.8, 4) is 0 Å². The number of benzene rings is 1. The van der Waals surface area contributed by atoms with Gasteiger partial charge in [0.1, 0.15) is 6.33 Å². The number of sulfonamides is 1. The lowest BCUT2D eigenvalue weighted by Gasteiger charge is -2.26. The maximum Gasteiger partial charge on any atom is 0.243 e. The summed E-state index contributed by atoms with van der Waals surface area (Å²) in [6, 6.07) is 6.71. The van der Waals surface area contributed by atoms with Gasteiger partial charge in [-0.1, -0.05) is 0 Å². The van der Waals surface area contributed by atoms with E-state index in [4.69, 9.17) is 4.74 Å². The molecule has 0 radical (unpaired) electrons. The lowest BCUT2D eigenvalue weighted by atomic mass is 10.3. The summed E-state index contributed by atoms with van der Waals surface area (Å²) in [5, 5.41) is 7.34. The monoisotopic (exact) mass is 337 g/mol. The van der Waals surface area contributed by atoms with E-state index >= 15 is 0 Å². The van der Waals surface area contributed by atoms with Gasteiger partial charge < -0.3 is 10.1 Å². The van der Waals surface area contributed by atoms with E-state index in [-0.39, 0.29) is 0 Å². The van der Waals surface area contributed by atoms with Crippen LogP contribution in [0.2, 0.25) is 0 Å². The number of nitrogens with zero attached hydrogens (tertiary/aromatic N) is 4. The average molecular weight is 337 g/mol. The standard InChI is InChI=1S/C14H19N5O3S/c1-18-11-16-14(17-18)10-15-12-2-4-13(5-3-12)23(20,21)19-6-8-22-9-7-19/h2-5,11,15H,6-10H2,1H3. The highest BCUT2D eigenvalue weighted by molar-refractivity contribution is 7.89. The molecular weight excluding hydrogens is 318 g/mol. The Balaban J connectivity index is 1.66. The Bertz CT molecular complexity index is 751. The number of aromatic nitrogens is 3. The molecule has 0 bridgehead atoms. The highest BCUT2D eigenvalue weighted by Gasteiger charge is 2.25. The number of hydrogen-bond acceptors (Lipinski definition) is 6. The number of ether oxygens (including phenoxy) is 1. The quantitative estimate of drug-likeness (QED) is 0.852. The van der Waals surface area contributed by atoms with Crippen LogP contribution in [0, 0.1) is 0 Å². The number of hydrogen-bond donors (Lipinski definition) is 1. The lowest BCUT2D eigenvalue weighted by molar-refractivity contribution is 0.0730. The molecule has 1 aromatic heterocycles. The average Bonchev–Trinajstić information content (AvgIpc) is 3.00. The zero-order valence-corrected chi connectivity index (χ0v) is 13.7. The van der Waals surface area contributed by atoms with E-state index in [0.29, 0.717) is 43.6 Å². The van der Waals surface area contributed by atoms with E-state index in [0.717, 1.165) is 5.69 Å². The first-order valence-corrected chi connectivity index (χ1v) is 8.76. The van der Waals surface area contributed by atoms with Crippen molar-refractivity contribution in [3.05, 3.63) is 36.4 Å².